The normalized spacial score (nSPS) is 12.2. The molecule has 0 radical (unpaired) electrons. The number of sulfonamides is 2. The van der Waals surface area contributed by atoms with Crippen molar-refractivity contribution in [3.63, 3.8) is 0 Å². The van der Waals surface area contributed by atoms with Crippen LogP contribution in [0.25, 0.3) is 0 Å². The molecule has 1 amide bonds. The zero-order valence-electron chi connectivity index (χ0n) is 19.9. The number of nitrogens with zero attached hydrogens (tertiary/aromatic N) is 2. The third-order valence-corrected chi connectivity index (χ3v) is 9.80. The fourth-order valence-electron chi connectivity index (χ4n) is 3.23. The van der Waals surface area contributed by atoms with Crippen molar-refractivity contribution in [2.24, 2.45) is 0 Å². The topological polar surface area (TPSA) is 104 Å². The van der Waals surface area contributed by atoms with E-state index in [1.54, 1.807) is 24.3 Å². The maximum absolute atomic E-state index is 13.4. The Morgan fingerprint density at radius 3 is 1.89 bits per heavy atom. The lowest BCUT2D eigenvalue weighted by atomic mass is 10.2. The molecule has 0 aliphatic rings. The van der Waals surface area contributed by atoms with Crippen molar-refractivity contribution in [1.82, 2.24) is 13.9 Å². The molecule has 0 saturated carbocycles. The van der Waals surface area contributed by atoms with Gasteiger partial charge in [-0.25, -0.2) is 21.1 Å². The number of hydrogen-bond donors (Lipinski definition) is 1. The molecule has 0 spiro atoms. The molecule has 13 heteroatoms. The average Bonchev–Trinajstić information content (AvgIpc) is 2.84. The monoisotopic (exact) mass is 603 g/mol. The Hall–Kier alpha value is -2.18. The van der Waals surface area contributed by atoms with Crippen LogP contribution in [-0.2, 0) is 37.9 Å². The summed E-state index contributed by atoms with van der Waals surface area (Å²) in [6.07, 6.45) is 0. The SMILES string of the molecule is CN(C)S(=O)(=O)c1ccc(CNC(=O)CN(Cc2ccc(Cl)cc2Cl)S(=O)(=O)c2ccc(Cl)cc2)cc1. The van der Waals surface area contributed by atoms with E-state index in [0.29, 0.717) is 21.2 Å². The van der Waals surface area contributed by atoms with Crippen LogP contribution in [0.4, 0.5) is 0 Å². The maximum atomic E-state index is 13.4. The van der Waals surface area contributed by atoms with E-state index in [4.69, 9.17) is 34.8 Å². The minimum absolute atomic E-state index is 0.0347. The largest absolute Gasteiger partial charge is 0.351 e. The van der Waals surface area contributed by atoms with Gasteiger partial charge in [-0.3, -0.25) is 4.79 Å². The van der Waals surface area contributed by atoms with E-state index in [1.165, 1.54) is 56.6 Å². The quantitative estimate of drug-likeness (QED) is 0.369. The molecule has 37 heavy (non-hydrogen) atoms. The fraction of sp³-hybridized carbons (Fsp3) is 0.208. The van der Waals surface area contributed by atoms with Gasteiger partial charge in [0, 0.05) is 42.3 Å². The first-order chi connectivity index (χ1) is 17.3. The Bertz CT molecular complexity index is 1480. The highest BCUT2D eigenvalue weighted by Crippen LogP contribution is 2.26. The van der Waals surface area contributed by atoms with Gasteiger partial charge in [-0.05, 0) is 59.7 Å². The first-order valence-corrected chi connectivity index (χ1v) is 14.8. The Labute approximate surface area is 231 Å². The van der Waals surface area contributed by atoms with E-state index in [1.807, 2.05) is 0 Å². The summed E-state index contributed by atoms with van der Waals surface area (Å²) in [5.41, 5.74) is 1.10. The highest BCUT2D eigenvalue weighted by molar-refractivity contribution is 7.89. The Morgan fingerprint density at radius 1 is 0.784 bits per heavy atom. The van der Waals surface area contributed by atoms with E-state index >= 15 is 0 Å². The summed E-state index contributed by atoms with van der Waals surface area (Å²) in [6, 6.07) is 16.3. The summed E-state index contributed by atoms with van der Waals surface area (Å²) >= 11 is 18.1. The van der Waals surface area contributed by atoms with Crippen LogP contribution < -0.4 is 5.32 Å². The number of carbonyl (C=O) groups excluding carboxylic acids is 1. The zero-order valence-corrected chi connectivity index (χ0v) is 23.8. The summed E-state index contributed by atoms with van der Waals surface area (Å²) in [6.45, 7) is -0.597. The molecular formula is C24H24Cl3N3O5S2. The van der Waals surface area contributed by atoms with Crippen LogP contribution in [-0.4, -0.2) is 52.0 Å². The van der Waals surface area contributed by atoms with Crippen LogP contribution >= 0.6 is 34.8 Å². The number of amides is 1. The third-order valence-electron chi connectivity index (χ3n) is 5.32. The lowest BCUT2D eigenvalue weighted by molar-refractivity contribution is -0.121. The predicted molar refractivity (Wildman–Crippen MR) is 145 cm³/mol. The Balaban J connectivity index is 1.78. The zero-order chi connectivity index (χ0) is 27.4. The second-order valence-electron chi connectivity index (χ2n) is 8.17. The minimum Gasteiger partial charge on any atom is -0.351 e. The molecule has 3 aromatic carbocycles. The van der Waals surface area contributed by atoms with Gasteiger partial charge in [-0.1, -0.05) is 53.0 Å². The number of rotatable bonds is 10. The standard InChI is InChI=1S/C24H24Cl3N3O5S2/c1-29(2)36(32,33)21-9-3-17(4-10-21)14-28-24(31)16-30(15-18-5-6-20(26)13-23(18)27)37(34,35)22-11-7-19(25)8-12-22/h3-13H,14-16H2,1-2H3,(H,28,31). The second kappa shape index (κ2) is 12.1. The van der Waals surface area contributed by atoms with Gasteiger partial charge < -0.3 is 5.32 Å². The van der Waals surface area contributed by atoms with Crippen molar-refractivity contribution in [3.05, 3.63) is 92.9 Å². The van der Waals surface area contributed by atoms with Crippen LogP contribution in [0.15, 0.2) is 76.5 Å². The number of carbonyl (C=O) groups is 1. The van der Waals surface area contributed by atoms with Crippen molar-refractivity contribution in [3.8, 4) is 0 Å². The van der Waals surface area contributed by atoms with Crippen LogP contribution in [0.3, 0.4) is 0 Å². The maximum Gasteiger partial charge on any atom is 0.243 e. The van der Waals surface area contributed by atoms with E-state index in [-0.39, 0.29) is 27.9 Å². The van der Waals surface area contributed by atoms with E-state index in [0.717, 1.165) is 8.61 Å². The van der Waals surface area contributed by atoms with Gasteiger partial charge in [0.15, 0.2) is 0 Å². The smallest absolute Gasteiger partial charge is 0.243 e. The first kappa shape index (κ1) is 29.4. The van der Waals surface area contributed by atoms with Crippen LogP contribution in [0.1, 0.15) is 11.1 Å². The summed E-state index contributed by atoms with van der Waals surface area (Å²) < 4.78 is 53.3. The number of benzene rings is 3. The van der Waals surface area contributed by atoms with Crippen molar-refractivity contribution < 1.29 is 21.6 Å². The number of halogens is 3. The van der Waals surface area contributed by atoms with Gasteiger partial charge in [-0.2, -0.15) is 4.31 Å². The van der Waals surface area contributed by atoms with Gasteiger partial charge in [0.1, 0.15) is 0 Å². The molecule has 1 N–H and O–H groups in total. The second-order valence-corrected chi connectivity index (χ2v) is 13.5. The summed E-state index contributed by atoms with van der Waals surface area (Å²) in [7, 11) is -4.81. The highest BCUT2D eigenvalue weighted by atomic mass is 35.5. The van der Waals surface area contributed by atoms with Crippen LogP contribution in [0, 0.1) is 0 Å². The molecule has 8 nitrogen and oxygen atoms in total. The minimum atomic E-state index is -4.10. The molecule has 0 fully saturated rings. The molecule has 3 rings (SSSR count). The molecule has 0 atom stereocenters. The number of nitrogens with one attached hydrogen (secondary N) is 1. The average molecular weight is 605 g/mol. The van der Waals surface area contributed by atoms with Gasteiger partial charge in [0.2, 0.25) is 26.0 Å². The van der Waals surface area contributed by atoms with Gasteiger partial charge in [0.05, 0.1) is 16.3 Å². The lowest BCUT2D eigenvalue weighted by Gasteiger charge is -2.22. The van der Waals surface area contributed by atoms with E-state index < -0.39 is 32.5 Å². The molecule has 0 aliphatic carbocycles. The Morgan fingerprint density at radius 2 is 1.32 bits per heavy atom. The van der Waals surface area contributed by atoms with Crippen molar-refractivity contribution >= 4 is 60.8 Å². The van der Waals surface area contributed by atoms with Crippen LogP contribution in [0.2, 0.25) is 15.1 Å². The summed E-state index contributed by atoms with van der Waals surface area (Å²) in [5, 5.41) is 3.69. The van der Waals surface area contributed by atoms with Gasteiger partial charge >= 0.3 is 0 Å². The summed E-state index contributed by atoms with van der Waals surface area (Å²) in [4.78, 5) is 12.9. The lowest BCUT2D eigenvalue weighted by Crippen LogP contribution is -2.40. The molecule has 0 aromatic heterocycles. The van der Waals surface area contributed by atoms with Crippen molar-refractivity contribution in [2.45, 2.75) is 22.9 Å². The van der Waals surface area contributed by atoms with Gasteiger partial charge in [-0.15, -0.1) is 0 Å². The molecule has 0 heterocycles. The Kier molecular flexibility index (Phi) is 9.62. The fourth-order valence-corrected chi connectivity index (χ4v) is 6.10. The van der Waals surface area contributed by atoms with Crippen LogP contribution in [0.5, 0.6) is 0 Å². The number of hydrogen-bond acceptors (Lipinski definition) is 5. The first-order valence-electron chi connectivity index (χ1n) is 10.8. The summed E-state index contributed by atoms with van der Waals surface area (Å²) in [5.74, 6) is -0.562. The highest BCUT2D eigenvalue weighted by Gasteiger charge is 2.27. The van der Waals surface area contributed by atoms with E-state index in [9.17, 15) is 21.6 Å². The molecule has 3 aromatic rings. The molecule has 0 bridgehead atoms. The molecule has 0 aliphatic heterocycles. The molecule has 198 valence electrons. The predicted octanol–water partition coefficient (Wildman–Crippen LogP) is 4.40. The molecule has 0 saturated heterocycles. The third kappa shape index (κ3) is 7.44. The van der Waals surface area contributed by atoms with Crippen molar-refractivity contribution in [2.75, 3.05) is 20.6 Å². The van der Waals surface area contributed by atoms with Crippen molar-refractivity contribution in [1.29, 1.82) is 0 Å². The van der Waals surface area contributed by atoms with E-state index in [2.05, 4.69) is 5.32 Å². The van der Waals surface area contributed by atoms with Gasteiger partial charge in [0.25, 0.3) is 0 Å². The molecule has 0 unspecified atom stereocenters. The molecular weight excluding hydrogens is 581 g/mol.